The third-order valence-corrected chi connectivity index (χ3v) is 3.26. The molecule has 2 aromatic rings. The predicted octanol–water partition coefficient (Wildman–Crippen LogP) is 3.73. The lowest BCUT2D eigenvalue weighted by molar-refractivity contribution is 0.171. The molecule has 2 aromatic carbocycles. The fraction of sp³-hybridized carbons (Fsp3) is 0.133. The number of nitrogens with zero attached hydrogens (tertiary/aromatic N) is 1. The van der Waals surface area contributed by atoms with Crippen molar-refractivity contribution in [2.75, 3.05) is 18.5 Å². The summed E-state index contributed by atoms with van der Waals surface area (Å²) < 4.78 is 11.0. The van der Waals surface area contributed by atoms with Crippen LogP contribution in [0, 0.1) is 11.3 Å². The zero-order valence-electron chi connectivity index (χ0n) is 10.5. The molecule has 5 heteroatoms. The Morgan fingerprint density at radius 2 is 1.90 bits per heavy atom. The van der Waals surface area contributed by atoms with Crippen molar-refractivity contribution in [2.24, 2.45) is 0 Å². The van der Waals surface area contributed by atoms with Crippen LogP contribution in [0.25, 0.3) is 0 Å². The smallest absolute Gasteiger partial charge is 0.163 e. The van der Waals surface area contributed by atoms with Crippen LogP contribution in [0.1, 0.15) is 5.56 Å². The number of benzene rings is 2. The van der Waals surface area contributed by atoms with Gasteiger partial charge in [-0.1, -0.05) is 17.7 Å². The largest absolute Gasteiger partial charge is 0.486 e. The molecule has 3 rings (SSSR count). The van der Waals surface area contributed by atoms with Crippen LogP contribution in [0.4, 0.5) is 11.4 Å². The molecule has 1 aliphatic rings. The number of anilines is 2. The molecule has 1 N–H and O–H groups in total. The Morgan fingerprint density at radius 3 is 2.70 bits per heavy atom. The zero-order valence-corrected chi connectivity index (χ0v) is 11.3. The van der Waals surface area contributed by atoms with E-state index in [1.54, 1.807) is 18.2 Å². The number of ether oxygens (including phenoxy) is 2. The predicted molar refractivity (Wildman–Crippen MR) is 76.9 cm³/mol. The molecule has 4 nitrogen and oxygen atoms in total. The molecule has 1 heterocycles. The van der Waals surface area contributed by atoms with Gasteiger partial charge >= 0.3 is 0 Å². The molecule has 0 saturated heterocycles. The summed E-state index contributed by atoms with van der Waals surface area (Å²) in [5.74, 6) is 1.43. The van der Waals surface area contributed by atoms with Crippen LogP contribution in [0.15, 0.2) is 36.4 Å². The van der Waals surface area contributed by atoms with Crippen molar-refractivity contribution in [2.45, 2.75) is 0 Å². The molecule has 0 spiro atoms. The summed E-state index contributed by atoms with van der Waals surface area (Å²) in [5.41, 5.74) is 1.90. The van der Waals surface area contributed by atoms with Gasteiger partial charge in [-0.3, -0.25) is 0 Å². The van der Waals surface area contributed by atoms with E-state index in [-0.39, 0.29) is 0 Å². The highest BCUT2D eigenvalue weighted by Gasteiger charge is 2.13. The monoisotopic (exact) mass is 286 g/mol. The van der Waals surface area contributed by atoms with Gasteiger partial charge in [-0.25, -0.2) is 0 Å². The summed E-state index contributed by atoms with van der Waals surface area (Å²) in [6.45, 7) is 1.10. The van der Waals surface area contributed by atoms with E-state index in [9.17, 15) is 0 Å². The molecule has 0 saturated carbocycles. The zero-order chi connectivity index (χ0) is 13.9. The maximum absolute atomic E-state index is 9.15. The first kappa shape index (κ1) is 12.6. The van der Waals surface area contributed by atoms with Gasteiger partial charge in [0.25, 0.3) is 0 Å². The van der Waals surface area contributed by atoms with E-state index in [1.165, 1.54) is 0 Å². The van der Waals surface area contributed by atoms with Gasteiger partial charge in [-0.2, -0.15) is 5.26 Å². The van der Waals surface area contributed by atoms with Gasteiger partial charge in [0.1, 0.15) is 19.3 Å². The lowest BCUT2D eigenvalue weighted by Gasteiger charge is -2.19. The molecule has 0 fully saturated rings. The van der Waals surface area contributed by atoms with Gasteiger partial charge in [-0.05, 0) is 24.3 Å². The Bertz CT molecular complexity index is 695. The normalized spacial score (nSPS) is 12.6. The summed E-state index contributed by atoms with van der Waals surface area (Å²) in [7, 11) is 0. The first-order chi connectivity index (χ1) is 9.78. The standard InChI is InChI=1S/C15H11ClN2O2/c16-12-2-1-3-13(11(12)9-17)18-10-4-5-14-15(8-10)20-7-6-19-14/h1-5,8,18H,6-7H2. The highest BCUT2D eigenvalue weighted by molar-refractivity contribution is 6.32. The average molecular weight is 287 g/mol. The molecule has 0 unspecified atom stereocenters. The quantitative estimate of drug-likeness (QED) is 0.914. The molecule has 0 radical (unpaired) electrons. The molecule has 0 atom stereocenters. The van der Waals surface area contributed by atoms with Crippen LogP contribution >= 0.6 is 11.6 Å². The summed E-state index contributed by atoms with van der Waals surface area (Å²) in [4.78, 5) is 0. The number of halogens is 1. The fourth-order valence-corrected chi connectivity index (χ4v) is 2.24. The van der Waals surface area contributed by atoms with Crippen molar-refractivity contribution in [1.29, 1.82) is 5.26 Å². The van der Waals surface area contributed by atoms with Crippen LogP contribution in [0.5, 0.6) is 11.5 Å². The van der Waals surface area contributed by atoms with Crippen LogP contribution in [-0.2, 0) is 0 Å². The Balaban J connectivity index is 1.92. The van der Waals surface area contributed by atoms with Crippen molar-refractivity contribution in [1.82, 2.24) is 0 Å². The van der Waals surface area contributed by atoms with Gasteiger partial charge in [0, 0.05) is 11.8 Å². The van der Waals surface area contributed by atoms with Crippen molar-refractivity contribution in [3.05, 3.63) is 47.0 Å². The minimum absolute atomic E-state index is 0.420. The molecule has 1 aliphatic heterocycles. The summed E-state index contributed by atoms with van der Waals surface area (Å²) >= 11 is 6.00. The molecule has 0 aliphatic carbocycles. The number of rotatable bonds is 2. The van der Waals surface area contributed by atoms with Crippen LogP contribution in [-0.4, -0.2) is 13.2 Å². The summed E-state index contributed by atoms with van der Waals surface area (Å²) in [6, 6.07) is 12.9. The van der Waals surface area contributed by atoms with Crippen molar-refractivity contribution in [3.8, 4) is 17.6 Å². The van der Waals surface area contributed by atoms with Crippen molar-refractivity contribution in [3.63, 3.8) is 0 Å². The van der Waals surface area contributed by atoms with Gasteiger partial charge in [-0.15, -0.1) is 0 Å². The van der Waals surface area contributed by atoms with Crippen LogP contribution in [0.3, 0.4) is 0 Å². The first-order valence-corrected chi connectivity index (χ1v) is 6.51. The Morgan fingerprint density at radius 1 is 1.10 bits per heavy atom. The Hall–Kier alpha value is -2.38. The maximum atomic E-state index is 9.15. The second kappa shape index (κ2) is 5.32. The molecular weight excluding hydrogens is 276 g/mol. The highest BCUT2D eigenvalue weighted by Crippen LogP contribution is 2.34. The van der Waals surface area contributed by atoms with E-state index in [1.807, 2.05) is 18.2 Å². The minimum Gasteiger partial charge on any atom is -0.486 e. The number of hydrogen-bond acceptors (Lipinski definition) is 4. The minimum atomic E-state index is 0.420. The second-order valence-electron chi connectivity index (χ2n) is 4.26. The van der Waals surface area contributed by atoms with Gasteiger partial charge < -0.3 is 14.8 Å². The summed E-state index contributed by atoms with van der Waals surface area (Å²) in [6.07, 6.45) is 0. The summed E-state index contributed by atoms with van der Waals surface area (Å²) in [5, 5.41) is 12.7. The van der Waals surface area contributed by atoms with Gasteiger partial charge in [0.2, 0.25) is 0 Å². The lowest BCUT2D eigenvalue weighted by Crippen LogP contribution is -2.15. The van der Waals surface area contributed by atoms with Crippen LogP contribution in [0.2, 0.25) is 5.02 Å². The van der Waals surface area contributed by atoms with E-state index in [0.29, 0.717) is 35.2 Å². The van der Waals surface area contributed by atoms with E-state index in [0.717, 1.165) is 11.4 Å². The van der Waals surface area contributed by atoms with Crippen LogP contribution < -0.4 is 14.8 Å². The van der Waals surface area contributed by atoms with Crippen molar-refractivity contribution >= 4 is 23.0 Å². The first-order valence-electron chi connectivity index (χ1n) is 6.13. The SMILES string of the molecule is N#Cc1c(Cl)cccc1Nc1ccc2c(c1)OCCO2. The topological polar surface area (TPSA) is 54.3 Å². The molecule has 20 heavy (non-hydrogen) atoms. The number of nitrogens with one attached hydrogen (secondary N) is 1. The third kappa shape index (κ3) is 2.36. The Labute approximate surface area is 121 Å². The number of nitriles is 1. The molecule has 0 bridgehead atoms. The lowest BCUT2D eigenvalue weighted by atomic mass is 10.2. The molecular formula is C15H11ClN2O2. The van der Waals surface area contributed by atoms with Gasteiger partial charge in [0.15, 0.2) is 11.5 Å². The van der Waals surface area contributed by atoms with E-state index < -0.39 is 0 Å². The fourth-order valence-electron chi connectivity index (χ4n) is 2.02. The van der Waals surface area contributed by atoms with Gasteiger partial charge in [0.05, 0.1) is 16.3 Å². The van der Waals surface area contributed by atoms with Crippen molar-refractivity contribution < 1.29 is 9.47 Å². The second-order valence-corrected chi connectivity index (χ2v) is 4.66. The number of hydrogen-bond donors (Lipinski definition) is 1. The average Bonchev–Trinajstić information content (AvgIpc) is 2.47. The maximum Gasteiger partial charge on any atom is 0.163 e. The van der Waals surface area contributed by atoms with E-state index in [2.05, 4.69) is 11.4 Å². The third-order valence-electron chi connectivity index (χ3n) is 2.95. The highest BCUT2D eigenvalue weighted by atomic mass is 35.5. The molecule has 0 aromatic heterocycles. The molecule has 100 valence electrons. The van der Waals surface area contributed by atoms with E-state index >= 15 is 0 Å². The molecule has 0 amide bonds. The number of fused-ring (bicyclic) bond motifs is 1. The van der Waals surface area contributed by atoms with E-state index in [4.69, 9.17) is 26.3 Å². The Kier molecular flexibility index (Phi) is 3.36.